The predicted octanol–water partition coefficient (Wildman–Crippen LogP) is -0.746. The Bertz CT molecular complexity index is 495. The minimum atomic E-state index is -0.520. The first-order chi connectivity index (χ1) is 10.1. The number of piperidine rings is 1. The lowest BCUT2D eigenvalue weighted by molar-refractivity contribution is -0.136. The first kappa shape index (κ1) is 15.4. The normalized spacial score (nSPS) is 16.6. The van der Waals surface area contributed by atoms with Gasteiger partial charge in [-0.05, 0) is 26.2 Å². The maximum Gasteiger partial charge on any atom is 0.244 e. The van der Waals surface area contributed by atoms with Crippen molar-refractivity contribution >= 4 is 11.8 Å². The molecule has 0 bridgehead atoms. The number of carbonyl (C=O) groups is 2. The molecular weight excluding hydrogens is 272 g/mol. The van der Waals surface area contributed by atoms with Gasteiger partial charge < -0.3 is 16.0 Å². The van der Waals surface area contributed by atoms with Crippen LogP contribution >= 0.6 is 0 Å². The van der Waals surface area contributed by atoms with E-state index in [4.69, 9.17) is 5.73 Å². The van der Waals surface area contributed by atoms with Gasteiger partial charge in [0.15, 0.2) is 0 Å². The number of amides is 2. The van der Waals surface area contributed by atoms with Crippen LogP contribution in [0.15, 0.2) is 6.20 Å². The molecule has 8 nitrogen and oxygen atoms in total. The van der Waals surface area contributed by atoms with Gasteiger partial charge in [-0.25, -0.2) is 4.68 Å². The summed E-state index contributed by atoms with van der Waals surface area (Å²) in [6.07, 6.45) is 4.86. The van der Waals surface area contributed by atoms with Crippen molar-refractivity contribution in [2.45, 2.75) is 45.3 Å². The molecule has 116 valence electrons. The van der Waals surface area contributed by atoms with Crippen LogP contribution in [-0.2, 0) is 22.7 Å². The second-order valence-corrected chi connectivity index (χ2v) is 5.29. The number of hydrogen-bond acceptors (Lipinski definition) is 5. The van der Waals surface area contributed by atoms with Gasteiger partial charge in [0.1, 0.15) is 12.6 Å². The molecule has 1 unspecified atom stereocenters. The largest absolute Gasteiger partial charge is 0.343 e. The quantitative estimate of drug-likeness (QED) is 0.743. The molecule has 1 aliphatic rings. The van der Waals surface area contributed by atoms with Crippen molar-refractivity contribution in [2.24, 2.45) is 5.73 Å². The summed E-state index contributed by atoms with van der Waals surface area (Å²) in [4.78, 5) is 25.9. The number of aromatic nitrogens is 3. The van der Waals surface area contributed by atoms with Crippen LogP contribution in [0.5, 0.6) is 0 Å². The lowest BCUT2D eigenvalue weighted by atomic mass is 10.1. The third-order valence-electron chi connectivity index (χ3n) is 3.52. The Morgan fingerprint density at radius 2 is 2.10 bits per heavy atom. The molecule has 0 radical (unpaired) electrons. The van der Waals surface area contributed by atoms with Gasteiger partial charge in [-0.3, -0.25) is 9.59 Å². The van der Waals surface area contributed by atoms with Crippen LogP contribution in [0.4, 0.5) is 0 Å². The van der Waals surface area contributed by atoms with Crippen molar-refractivity contribution in [3.05, 3.63) is 11.9 Å². The molecule has 0 aromatic carbocycles. The maximum absolute atomic E-state index is 12.2. The number of rotatable bonds is 5. The van der Waals surface area contributed by atoms with E-state index in [1.54, 1.807) is 13.1 Å². The van der Waals surface area contributed by atoms with Crippen LogP contribution in [0.25, 0.3) is 0 Å². The van der Waals surface area contributed by atoms with Gasteiger partial charge in [-0.2, -0.15) is 0 Å². The van der Waals surface area contributed by atoms with E-state index in [2.05, 4.69) is 15.6 Å². The minimum Gasteiger partial charge on any atom is -0.343 e. The van der Waals surface area contributed by atoms with Crippen molar-refractivity contribution < 1.29 is 9.59 Å². The van der Waals surface area contributed by atoms with Gasteiger partial charge in [-0.1, -0.05) is 5.21 Å². The highest BCUT2D eigenvalue weighted by Crippen LogP contribution is 2.09. The molecule has 2 heterocycles. The van der Waals surface area contributed by atoms with Crippen molar-refractivity contribution in [1.82, 2.24) is 25.2 Å². The average Bonchev–Trinajstić information content (AvgIpc) is 2.94. The Kier molecular flexibility index (Phi) is 5.26. The molecule has 2 amide bonds. The lowest BCUT2D eigenvalue weighted by Crippen LogP contribution is -2.49. The number of carbonyl (C=O) groups excluding carboxylic acids is 2. The molecule has 1 fully saturated rings. The zero-order valence-corrected chi connectivity index (χ0v) is 12.3. The monoisotopic (exact) mass is 294 g/mol. The summed E-state index contributed by atoms with van der Waals surface area (Å²) in [6.45, 7) is 3.58. The summed E-state index contributed by atoms with van der Waals surface area (Å²) in [5, 5.41) is 10.3. The SMILES string of the molecule is CC(NC(=O)Cn1cc(CN)nn1)C(=O)N1CCCCC1. The molecule has 0 saturated carbocycles. The summed E-state index contributed by atoms with van der Waals surface area (Å²) in [7, 11) is 0. The van der Waals surface area contributed by atoms with E-state index >= 15 is 0 Å². The van der Waals surface area contributed by atoms with E-state index < -0.39 is 6.04 Å². The lowest BCUT2D eigenvalue weighted by Gasteiger charge is -2.29. The van der Waals surface area contributed by atoms with Crippen molar-refractivity contribution in [3.63, 3.8) is 0 Å². The first-order valence-corrected chi connectivity index (χ1v) is 7.27. The first-order valence-electron chi connectivity index (χ1n) is 7.27. The van der Waals surface area contributed by atoms with E-state index in [9.17, 15) is 9.59 Å². The van der Waals surface area contributed by atoms with Gasteiger partial charge in [0.2, 0.25) is 11.8 Å². The minimum absolute atomic E-state index is 0.0238. The summed E-state index contributed by atoms with van der Waals surface area (Å²) >= 11 is 0. The molecule has 1 aromatic rings. The Morgan fingerprint density at radius 1 is 1.38 bits per heavy atom. The highest BCUT2D eigenvalue weighted by Gasteiger charge is 2.23. The van der Waals surface area contributed by atoms with Gasteiger partial charge in [0.25, 0.3) is 0 Å². The molecule has 21 heavy (non-hydrogen) atoms. The highest BCUT2D eigenvalue weighted by molar-refractivity contribution is 5.87. The fourth-order valence-corrected chi connectivity index (χ4v) is 2.39. The van der Waals surface area contributed by atoms with Crippen LogP contribution in [0, 0.1) is 0 Å². The number of hydrogen-bond donors (Lipinski definition) is 2. The standard InChI is InChI=1S/C13H22N6O2/c1-10(13(21)18-5-3-2-4-6-18)15-12(20)9-19-8-11(7-14)16-17-19/h8,10H,2-7,9,14H2,1H3,(H,15,20). The summed E-state index contributed by atoms with van der Waals surface area (Å²) in [6, 6.07) is -0.520. The van der Waals surface area contributed by atoms with Crippen molar-refractivity contribution in [2.75, 3.05) is 13.1 Å². The number of likely N-dealkylation sites (tertiary alicyclic amines) is 1. The van der Waals surface area contributed by atoms with Crippen LogP contribution in [0.3, 0.4) is 0 Å². The van der Waals surface area contributed by atoms with Crippen LogP contribution in [-0.4, -0.2) is 50.8 Å². The topological polar surface area (TPSA) is 106 Å². The van der Waals surface area contributed by atoms with E-state index in [-0.39, 0.29) is 24.9 Å². The fraction of sp³-hybridized carbons (Fsp3) is 0.692. The van der Waals surface area contributed by atoms with Gasteiger partial charge in [0, 0.05) is 19.6 Å². The molecule has 0 aliphatic carbocycles. The third kappa shape index (κ3) is 4.25. The molecule has 3 N–H and O–H groups in total. The number of nitrogens with one attached hydrogen (secondary N) is 1. The van der Waals surface area contributed by atoms with E-state index in [1.807, 2.05) is 4.90 Å². The predicted molar refractivity (Wildman–Crippen MR) is 75.9 cm³/mol. The number of nitrogens with zero attached hydrogens (tertiary/aromatic N) is 4. The summed E-state index contributed by atoms with van der Waals surface area (Å²) in [5.41, 5.74) is 6.06. The molecule has 1 aliphatic heterocycles. The molecule has 1 saturated heterocycles. The molecule has 1 atom stereocenters. The Morgan fingerprint density at radius 3 is 2.71 bits per heavy atom. The van der Waals surface area contributed by atoms with E-state index in [0.29, 0.717) is 5.69 Å². The third-order valence-corrected chi connectivity index (χ3v) is 3.52. The van der Waals surface area contributed by atoms with Crippen LogP contribution < -0.4 is 11.1 Å². The average molecular weight is 294 g/mol. The molecule has 1 aromatic heterocycles. The van der Waals surface area contributed by atoms with Crippen molar-refractivity contribution in [1.29, 1.82) is 0 Å². The zero-order valence-electron chi connectivity index (χ0n) is 12.3. The second-order valence-electron chi connectivity index (χ2n) is 5.29. The van der Waals surface area contributed by atoms with Gasteiger partial charge in [0.05, 0.1) is 11.9 Å². The molecule has 8 heteroatoms. The molecular formula is C13H22N6O2. The van der Waals surface area contributed by atoms with Crippen LogP contribution in [0.2, 0.25) is 0 Å². The Labute approximate surface area is 123 Å². The zero-order chi connectivity index (χ0) is 15.2. The Balaban J connectivity index is 1.82. The molecule has 2 rings (SSSR count). The van der Waals surface area contributed by atoms with E-state index in [0.717, 1.165) is 25.9 Å². The van der Waals surface area contributed by atoms with Gasteiger partial charge in [-0.15, -0.1) is 5.10 Å². The maximum atomic E-state index is 12.2. The van der Waals surface area contributed by atoms with Crippen molar-refractivity contribution in [3.8, 4) is 0 Å². The fourth-order valence-electron chi connectivity index (χ4n) is 2.39. The Hall–Kier alpha value is -1.96. The summed E-state index contributed by atoms with van der Waals surface area (Å²) < 4.78 is 1.41. The number of nitrogens with two attached hydrogens (primary N) is 1. The second kappa shape index (κ2) is 7.16. The molecule has 0 spiro atoms. The smallest absolute Gasteiger partial charge is 0.244 e. The summed E-state index contributed by atoms with van der Waals surface area (Å²) in [5.74, 6) is -0.286. The van der Waals surface area contributed by atoms with E-state index in [1.165, 1.54) is 11.1 Å². The van der Waals surface area contributed by atoms with Crippen LogP contribution in [0.1, 0.15) is 31.9 Å². The highest BCUT2D eigenvalue weighted by atomic mass is 16.2. The van der Waals surface area contributed by atoms with Gasteiger partial charge >= 0.3 is 0 Å².